The lowest BCUT2D eigenvalue weighted by Crippen LogP contribution is -2.00. The van der Waals surface area contributed by atoms with E-state index >= 15 is 0 Å². The molecule has 0 atom stereocenters. The van der Waals surface area contributed by atoms with E-state index in [9.17, 15) is 0 Å². The Balaban J connectivity index is 0.581. The van der Waals surface area contributed by atoms with Crippen LogP contribution in [0.4, 0.5) is 0 Å². The molecule has 21 rings (SSSR count). The van der Waals surface area contributed by atoms with Gasteiger partial charge < -0.3 is 0 Å². The first-order valence-corrected chi connectivity index (χ1v) is 35.9. The maximum atomic E-state index is 5.24. The van der Waals surface area contributed by atoms with E-state index in [0.717, 1.165) is 111 Å². The third kappa shape index (κ3) is 10.2. The summed E-state index contributed by atoms with van der Waals surface area (Å²) in [4.78, 5) is 36.1. The summed E-state index contributed by atoms with van der Waals surface area (Å²) in [5, 5.41) is 14.8. The van der Waals surface area contributed by atoms with Gasteiger partial charge in [0, 0.05) is 73.2 Å². The Kier molecular flexibility index (Phi) is 14.1. The molecule has 490 valence electrons. The average Bonchev–Trinajstić information content (AvgIpc) is 1.13. The maximum Gasteiger partial charge on any atom is 0.164 e. The van der Waals surface area contributed by atoms with Crippen molar-refractivity contribution < 1.29 is 0 Å². The molecule has 0 saturated heterocycles. The van der Waals surface area contributed by atoms with Gasteiger partial charge in [0.2, 0.25) is 0 Å². The standard InChI is InChI=1S/C99H59N7/c1-2-16-68(17-3-1)96-102-90(58-91(103-96)66-45-37-64(38-46-66)88-57-89-81-25-7-4-21-77(81)78-22-8-10-27-84(78)93(89)85-28-11-9-26-82(85)88)65-43-35-62(36-44-65)76-30-13-19-72-56-73(59-101-95(72)76)60-33-47-69(48-34-60)97-104-98(106-99(105-97)71-51-41-63(42-52-71)75-29-12-18-67-20-15-55-100-94(67)75)70-49-39-61(40-50-70)74-53-54-87-80-24-6-5-23-79(80)86-32-14-31-83(74)92(86)87/h1-59H. The van der Waals surface area contributed by atoms with Gasteiger partial charge in [0.1, 0.15) is 0 Å². The quantitative estimate of drug-likeness (QED) is 0.119. The smallest absolute Gasteiger partial charge is 0.164 e. The molecule has 0 saturated carbocycles. The number of rotatable bonds is 11. The van der Waals surface area contributed by atoms with Gasteiger partial charge in [-0.3, -0.25) is 9.97 Å². The summed E-state index contributed by atoms with van der Waals surface area (Å²) >= 11 is 0. The summed E-state index contributed by atoms with van der Waals surface area (Å²) in [6.45, 7) is 0. The Bertz CT molecular complexity index is 6920. The molecular weight excluding hydrogens is 1290 g/mol. The Morgan fingerprint density at radius 2 is 0.557 bits per heavy atom. The van der Waals surface area contributed by atoms with E-state index in [-0.39, 0.29) is 0 Å². The van der Waals surface area contributed by atoms with Gasteiger partial charge in [-0.1, -0.05) is 322 Å². The summed E-state index contributed by atoms with van der Waals surface area (Å²) in [5.74, 6) is 2.42. The van der Waals surface area contributed by atoms with Gasteiger partial charge in [-0.25, -0.2) is 24.9 Å². The monoisotopic (exact) mass is 1350 g/mol. The SMILES string of the molecule is c1ccc(-c2nc(-c3ccc(-c4cc5c6ccccc6c6ccccc6c5c5ccccc45)cc3)cc(-c3ccc(-c4cccc5cc(-c6ccc(-c7nc(-c8ccc(-c9ccc%10c%11c(cccc9%11)-c9ccccc9-%10)cc8)nc(-c8ccc(-c9cccc%10cccnc9%10)cc8)n7)cc6)cnc45)cc3)n2)cc1. The molecule has 4 aromatic heterocycles. The lowest BCUT2D eigenvalue weighted by Gasteiger charge is -2.16. The molecule has 0 unspecified atom stereocenters. The molecule has 7 nitrogen and oxygen atoms in total. The van der Waals surface area contributed by atoms with Crippen LogP contribution in [0.5, 0.6) is 0 Å². The summed E-state index contributed by atoms with van der Waals surface area (Å²) in [6, 6.07) is 123. The van der Waals surface area contributed by atoms with Crippen LogP contribution in [0.25, 0.3) is 222 Å². The number of nitrogens with zero attached hydrogens (tertiary/aromatic N) is 7. The van der Waals surface area contributed by atoms with Gasteiger partial charge >= 0.3 is 0 Å². The Hall–Kier alpha value is -14.3. The zero-order valence-corrected chi connectivity index (χ0v) is 57.2. The number of hydrogen-bond acceptors (Lipinski definition) is 7. The zero-order chi connectivity index (χ0) is 69.8. The lowest BCUT2D eigenvalue weighted by atomic mass is 9.87. The van der Waals surface area contributed by atoms with Crippen molar-refractivity contribution in [3.8, 4) is 146 Å². The van der Waals surface area contributed by atoms with E-state index in [0.29, 0.717) is 23.3 Å². The molecule has 16 aromatic carbocycles. The Morgan fingerprint density at radius 1 is 0.170 bits per heavy atom. The van der Waals surface area contributed by atoms with E-state index in [1.54, 1.807) is 0 Å². The minimum Gasteiger partial charge on any atom is -0.256 e. The van der Waals surface area contributed by atoms with Crippen molar-refractivity contribution in [2.75, 3.05) is 0 Å². The predicted octanol–water partition coefficient (Wildman–Crippen LogP) is 25.5. The van der Waals surface area contributed by atoms with Crippen LogP contribution < -0.4 is 0 Å². The van der Waals surface area contributed by atoms with E-state index in [1.165, 1.54) is 87.2 Å². The fourth-order valence-electron chi connectivity index (χ4n) is 16.2. The second-order valence-electron chi connectivity index (χ2n) is 27.4. The van der Waals surface area contributed by atoms with Gasteiger partial charge in [0.05, 0.1) is 22.4 Å². The fourth-order valence-corrected chi connectivity index (χ4v) is 16.2. The minimum atomic E-state index is 0.578. The molecule has 106 heavy (non-hydrogen) atoms. The molecule has 7 heteroatoms. The molecule has 20 aromatic rings. The predicted molar refractivity (Wildman–Crippen MR) is 438 cm³/mol. The molecule has 0 N–H and O–H groups in total. The third-order valence-corrected chi connectivity index (χ3v) is 21.4. The summed E-state index contributed by atoms with van der Waals surface area (Å²) in [6.07, 6.45) is 3.83. The molecule has 0 fully saturated rings. The van der Waals surface area contributed by atoms with Gasteiger partial charge in [-0.15, -0.1) is 0 Å². The number of pyridine rings is 2. The van der Waals surface area contributed by atoms with Gasteiger partial charge in [-0.2, -0.15) is 0 Å². The van der Waals surface area contributed by atoms with Gasteiger partial charge in [-0.05, 0) is 139 Å². The van der Waals surface area contributed by atoms with Crippen LogP contribution in [-0.4, -0.2) is 34.9 Å². The molecule has 4 heterocycles. The molecule has 0 radical (unpaired) electrons. The van der Waals surface area contributed by atoms with Crippen molar-refractivity contribution in [1.82, 2.24) is 34.9 Å². The second-order valence-corrected chi connectivity index (χ2v) is 27.4. The van der Waals surface area contributed by atoms with Crippen molar-refractivity contribution in [1.29, 1.82) is 0 Å². The van der Waals surface area contributed by atoms with Crippen LogP contribution in [0.2, 0.25) is 0 Å². The number of para-hydroxylation sites is 2. The fraction of sp³-hybridized carbons (Fsp3) is 0. The highest BCUT2D eigenvalue weighted by molar-refractivity contribution is 6.33. The molecule has 0 spiro atoms. The second kappa shape index (κ2) is 24.8. The van der Waals surface area contributed by atoms with Gasteiger partial charge in [0.15, 0.2) is 23.3 Å². The number of fused-ring (bicyclic) bond motifs is 13. The molecular formula is C99H59N7. The largest absolute Gasteiger partial charge is 0.256 e. The zero-order valence-electron chi connectivity index (χ0n) is 57.2. The summed E-state index contributed by atoms with van der Waals surface area (Å²) in [5.41, 5.74) is 25.2. The van der Waals surface area contributed by atoms with Gasteiger partial charge in [0.25, 0.3) is 0 Å². The van der Waals surface area contributed by atoms with Crippen LogP contribution in [-0.2, 0) is 0 Å². The number of aromatic nitrogens is 7. The third-order valence-electron chi connectivity index (χ3n) is 21.4. The first-order valence-electron chi connectivity index (χ1n) is 35.9. The molecule has 0 bridgehead atoms. The number of hydrogen-bond donors (Lipinski definition) is 0. The molecule has 1 aliphatic carbocycles. The van der Waals surface area contributed by atoms with Crippen LogP contribution in [0.3, 0.4) is 0 Å². The van der Waals surface area contributed by atoms with E-state index < -0.39 is 0 Å². The Labute approximate surface area is 610 Å². The highest BCUT2D eigenvalue weighted by Gasteiger charge is 2.24. The molecule has 0 amide bonds. The summed E-state index contributed by atoms with van der Waals surface area (Å²) in [7, 11) is 0. The highest BCUT2D eigenvalue weighted by atomic mass is 15.0. The summed E-state index contributed by atoms with van der Waals surface area (Å²) < 4.78 is 0. The van der Waals surface area contributed by atoms with Crippen LogP contribution >= 0.6 is 0 Å². The average molecular weight is 1350 g/mol. The van der Waals surface area contributed by atoms with Crippen LogP contribution in [0, 0.1) is 0 Å². The van der Waals surface area contributed by atoms with Crippen molar-refractivity contribution in [3.05, 3.63) is 358 Å². The van der Waals surface area contributed by atoms with E-state index in [4.69, 9.17) is 34.9 Å². The van der Waals surface area contributed by atoms with Crippen molar-refractivity contribution in [2.45, 2.75) is 0 Å². The molecule has 1 aliphatic rings. The van der Waals surface area contributed by atoms with E-state index in [1.807, 2.05) is 36.7 Å². The first kappa shape index (κ1) is 60.5. The number of benzene rings is 16. The highest BCUT2D eigenvalue weighted by Crippen LogP contribution is 2.50. The topological polar surface area (TPSA) is 90.2 Å². The van der Waals surface area contributed by atoms with Crippen molar-refractivity contribution in [2.24, 2.45) is 0 Å². The van der Waals surface area contributed by atoms with Crippen LogP contribution in [0.1, 0.15) is 0 Å². The first-order chi connectivity index (χ1) is 52.5. The van der Waals surface area contributed by atoms with Crippen molar-refractivity contribution in [3.63, 3.8) is 0 Å². The normalized spacial score (nSPS) is 11.8. The maximum absolute atomic E-state index is 5.24. The molecule has 0 aliphatic heterocycles. The Morgan fingerprint density at radius 3 is 1.16 bits per heavy atom. The van der Waals surface area contributed by atoms with E-state index in [2.05, 4.69) is 322 Å². The minimum absolute atomic E-state index is 0.578. The lowest BCUT2D eigenvalue weighted by molar-refractivity contribution is 1.07. The van der Waals surface area contributed by atoms with Crippen molar-refractivity contribution >= 4 is 75.7 Å². The van der Waals surface area contributed by atoms with Crippen LogP contribution in [0.15, 0.2) is 358 Å².